The van der Waals surface area contributed by atoms with Crippen LogP contribution < -0.4 is 0 Å². The smallest absolute Gasteiger partial charge is 0.150 e. The van der Waals surface area contributed by atoms with Crippen LogP contribution in [0.2, 0.25) is 0 Å². The maximum Gasteiger partial charge on any atom is 0.150 e. The molecule has 0 atom stereocenters. The van der Waals surface area contributed by atoms with Crippen molar-refractivity contribution in [2.24, 2.45) is 0 Å². The summed E-state index contributed by atoms with van der Waals surface area (Å²) in [4.78, 5) is 0. The highest BCUT2D eigenvalue weighted by Gasteiger charge is 1.85. The van der Waals surface area contributed by atoms with Crippen LogP contribution in [-0.2, 0) is 0 Å². The highest BCUT2D eigenvalue weighted by molar-refractivity contribution is 5.80. The largest absolute Gasteiger partial charge is 0.299 e. The molecule has 1 aromatic heterocycles. The van der Waals surface area contributed by atoms with Gasteiger partial charge >= 0.3 is 0 Å². The molecule has 0 saturated carbocycles. The molecule has 0 aliphatic heterocycles. The van der Waals surface area contributed by atoms with E-state index in [1.54, 1.807) is 12.3 Å². The fourth-order valence-electron chi connectivity index (χ4n) is 1.06. The van der Waals surface area contributed by atoms with Gasteiger partial charge < -0.3 is 0 Å². The van der Waals surface area contributed by atoms with E-state index in [9.17, 15) is 0 Å². The second-order valence-corrected chi connectivity index (χ2v) is 2.43. The predicted molar refractivity (Wildman–Crippen MR) is 46.1 cm³/mol. The molecule has 0 aliphatic rings. The van der Waals surface area contributed by atoms with Crippen molar-refractivity contribution in [1.29, 1.82) is 0 Å². The molecular weight excluding hydrogens is 152 g/mol. The second kappa shape index (κ2) is 3.13. The third-order valence-electron chi connectivity index (χ3n) is 1.64. The fraction of sp³-hybridized carbons (Fsp3) is 0. The van der Waals surface area contributed by atoms with E-state index in [0.717, 1.165) is 10.8 Å². The molecular formula is C10H8O2. The van der Waals surface area contributed by atoms with Crippen molar-refractivity contribution in [3.8, 4) is 0 Å². The predicted octanol–water partition coefficient (Wildman–Crippen LogP) is 3.15. The zero-order valence-corrected chi connectivity index (χ0v) is 6.44. The van der Waals surface area contributed by atoms with Gasteiger partial charge in [-0.25, -0.2) is 0 Å². The summed E-state index contributed by atoms with van der Waals surface area (Å²) in [5.41, 5.74) is 0. The lowest BCUT2D eigenvalue weighted by atomic mass is 10.2. The number of benzene rings is 1. The van der Waals surface area contributed by atoms with Crippen molar-refractivity contribution >= 4 is 10.8 Å². The van der Waals surface area contributed by atoms with Gasteiger partial charge in [0.05, 0.1) is 0 Å². The van der Waals surface area contributed by atoms with Crippen molar-refractivity contribution in [2.45, 2.75) is 0 Å². The average molecular weight is 160 g/mol. The van der Waals surface area contributed by atoms with Gasteiger partial charge in [-0.15, -0.1) is 0 Å². The van der Waals surface area contributed by atoms with E-state index in [2.05, 4.69) is 4.58 Å². The maximum absolute atomic E-state index is 4.77. The topological polar surface area (TPSA) is 26.3 Å². The summed E-state index contributed by atoms with van der Waals surface area (Å²) in [6, 6.07) is 11.7. The van der Waals surface area contributed by atoms with Crippen LogP contribution in [0.1, 0.15) is 0 Å². The SMILES string of the molecule is c1ccc2coocccc2c1. The molecule has 0 saturated heterocycles. The minimum atomic E-state index is 1.02. The number of hydrogen-bond acceptors (Lipinski definition) is 2. The van der Waals surface area contributed by atoms with Crippen LogP contribution in [0.3, 0.4) is 0 Å². The van der Waals surface area contributed by atoms with Gasteiger partial charge in [-0.1, -0.05) is 30.3 Å². The molecule has 0 bridgehead atoms. The summed E-state index contributed by atoms with van der Waals surface area (Å²) >= 11 is 0. The first-order chi connectivity index (χ1) is 5.97. The zero-order valence-electron chi connectivity index (χ0n) is 6.44. The zero-order chi connectivity index (χ0) is 8.23. The van der Waals surface area contributed by atoms with E-state index >= 15 is 0 Å². The second-order valence-electron chi connectivity index (χ2n) is 2.43. The van der Waals surface area contributed by atoms with Crippen molar-refractivity contribution in [3.05, 3.63) is 48.9 Å². The molecule has 1 aromatic carbocycles. The first-order valence-electron chi connectivity index (χ1n) is 3.71. The maximum atomic E-state index is 4.77. The van der Waals surface area contributed by atoms with Crippen molar-refractivity contribution in [3.63, 3.8) is 0 Å². The van der Waals surface area contributed by atoms with Gasteiger partial charge in [-0.3, -0.25) is 9.15 Å². The molecule has 0 radical (unpaired) electrons. The molecule has 0 aliphatic carbocycles. The van der Waals surface area contributed by atoms with E-state index < -0.39 is 0 Å². The third-order valence-corrected chi connectivity index (χ3v) is 1.64. The van der Waals surface area contributed by atoms with Crippen LogP contribution in [0.25, 0.3) is 10.8 Å². The Hall–Kier alpha value is -1.70. The lowest BCUT2D eigenvalue weighted by molar-refractivity contribution is 0.0493. The van der Waals surface area contributed by atoms with Crippen molar-refractivity contribution in [1.82, 2.24) is 0 Å². The summed E-state index contributed by atoms with van der Waals surface area (Å²) in [5, 5.41) is 2.14. The van der Waals surface area contributed by atoms with E-state index in [4.69, 9.17) is 4.58 Å². The molecule has 0 spiro atoms. The van der Waals surface area contributed by atoms with E-state index in [-0.39, 0.29) is 0 Å². The van der Waals surface area contributed by atoms with Gasteiger partial charge in [-0.05, 0) is 11.5 Å². The van der Waals surface area contributed by atoms with Crippen molar-refractivity contribution in [2.75, 3.05) is 0 Å². The van der Waals surface area contributed by atoms with Crippen LogP contribution >= 0.6 is 0 Å². The molecule has 0 fully saturated rings. The van der Waals surface area contributed by atoms with Crippen LogP contribution in [-0.4, -0.2) is 0 Å². The van der Waals surface area contributed by atoms with Crippen LogP contribution in [0.15, 0.2) is 58.1 Å². The molecule has 0 N–H and O–H groups in total. The van der Waals surface area contributed by atoms with Crippen LogP contribution in [0.4, 0.5) is 0 Å². The fourth-order valence-corrected chi connectivity index (χ4v) is 1.06. The molecule has 2 nitrogen and oxygen atoms in total. The van der Waals surface area contributed by atoms with E-state index in [1.165, 1.54) is 6.26 Å². The minimum Gasteiger partial charge on any atom is -0.299 e. The Morgan fingerprint density at radius 1 is 0.750 bits per heavy atom. The van der Waals surface area contributed by atoms with Gasteiger partial charge in [0.2, 0.25) is 0 Å². The Labute approximate surface area is 69.7 Å². The molecule has 0 unspecified atom stereocenters. The molecule has 2 aromatic rings. The molecule has 12 heavy (non-hydrogen) atoms. The van der Waals surface area contributed by atoms with Gasteiger partial charge in [0.15, 0.2) is 6.26 Å². The highest BCUT2D eigenvalue weighted by Crippen LogP contribution is 2.09. The number of rotatable bonds is 0. The van der Waals surface area contributed by atoms with Gasteiger partial charge in [0.1, 0.15) is 6.26 Å². The summed E-state index contributed by atoms with van der Waals surface area (Å²) in [7, 11) is 0. The van der Waals surface area contributed by atoms with Gasteiger partial charge in [-0.2, -0.15) is 0 Å². The summed E-state index contributed by atoms with van der Waals surface area (Å²) in [6.07, 6.45) is 3.07. The quantitative estimate of drug-likeness (QED) is 0.553. The highest BCUT2D eigenvalue weighted by atomic mass is 17.0. The first kappa shape index (κ1) is 6.98. The first-order valence-corrected chi connectivity index (χ1v) is 3.71. The molecule has 2 heteroatoms. The summed E-state index contributed by atoms with van der Waals surface area (Å²) in [6.45, 7) is 0. The molecule has 60 valence electrons. The number of hydrogen-bond donors (Lipinski definition) is 0. The Morgan fingerprint density at radius 3 is 2.42 bits per heavy atom. The Bertz CT molecular complexity index is 370. The number of fused-ring (bicyclic) bond motifs is 1. The third kappa shape index (κ3) is 1.32. The standard InChI is InChI=1S/C10H8O2/c1-2-5-10-8-12-11-7-3-6-9(10)4-1/h1-8H. The Kier molecular flexibility index (Phi) is 1.82. The van der Waals surface area contributed by atoms with Gasteiger partial charge in [0.25, 0.3) is 0 Å². The Morgan fingerprint density at radius 2 is 1.50 bits per heavy atom. The van der Waals surface area contributed by atoms with E-state index in [0.29, 0.717) is 0 Å². The lowest BCUT2D eigenvalue weighted by Crippen LogP contribution is -1.65. The van der Waals surface area contributed by atoms with Crippen LogP contribution in [0, 0.1) is 0 Å². The van der Waals surface area contributed by atoms with Crippen molar-refractivity contribution < 1.29 is 9.15 Å². The lowest BCUT2D eigenvalue weighted by Gasteiger charge is -1.89. The normalized spacial score (nSPS) is 9.67. The molecule has 0 amide bonds. The summed E-state index contributed by atoms with van der Waals surface area (Å²) in [5.74, 6) is 0. The van der Waals surface area contributed by atoms with Crippen LogP contribution in [0.5, 0.6) is 0 Å². The average Bonchev–Trinajstić information content (AvgIpc) is 2.06. The molecule has 1 heterocycles. The van der Waals surface area contributed by atoms with E-state index in [1.807, 2.05) is 30.3 Å². The molecule has 2 rings (SSSR count). The Balaban J connectivity index is 2.83. The summed E-state index contributed by atoms with van der Waals surface area (Å²) < 4.78 is 9.43. The van der Waals surface area contributed by atoms with Gasteiger partial charge in [0, 0.05) is 5.39 Å². The monoisotopic (exact) mass is 160 g/mol. The minimum absolute atomic E-state index is 1.02.